The van der Waals surface area contributed by atoms with E-state index in [9.17, 15) is 14.4 Å². The standard InChI is InChI=1S/C28H33IN6O4/c1-18(2)25(28(38)39-17-29)33-26-22-6-4-5-7-23(22)31-24(32-26)16-34-12-14-35(15-13-34)27(37)20-8-10-21(11-9-20)30-19(3)36/h4-11,18,25H,12-17H2,1-3H3,(H,30,36)(H,31,32,33)/t25-/m0/s1. The van der Waals surface area contributed by atoms with Gasteiger partial charge in [-0.2, -0.15) is 0 Å². The van der Waals surface area contributed by atoms with Crippen LogP contribution in [0.3, 0.4) is 0 Å². The molecule has 1 atom stereocenters. The van der Waals surface area contributed by atoms with Crippen LogP contribution in [-0.4, -0.2) is 74.4 Å². The number of para-hydroxylation sites is 1. The number of hydrogen-bond donors (Lipinski definition) is 2. The molecule has 1 saturated heterocycles. The number of esters is 1. The first kappa shape index (κ1) is 28.7. The molecule has 2 heterocycles. The first-order chi connectivity index (χ1) is 18.7. The Morgan fingerprint density at radius 2 is 1.69 bits per heavy atom. The monoisotopic (exact) mass is 644 g/mol. The summed E-state index contributed by atoms with van der Waals surface area (Å²) in [5, 5.41) is 6.87. The summed E-state index contributed by atoms with van der Waals surface area (Å²) >= 11 is 2.01. The minimum absolute atomic E-state index is 0.00449. The number of benzene rings is 2. The molecule has 2 N–H and O–H groups in total. The normalized spacial score (nSPS) is 14.7. The Balaban J connectivity index is 1.43. The zero-order chi connectivity index (χ0) is 27.9. The number of rotatable bonds is 9. The fourth-order valence-electron chi connectivity index (χ4n) is 4.49. The molecular formula is C28H33IN6O4. The zero-order valence-electron chi connectivity index (χ0n) is 22.3. The highest BCUT2D eigenvalue weighted by Gasteiger charge is 2.26. The lowest BCUT2D eigenvalue weighted by Crippen LogP contribution is -2.48. The molecule has 3 aromatic rings. The average Bonchev–Trinajstić information content (AvgIpc) is 2.91. The maximum Gasteiger partial charge on any atom is 0.329 e. The lowest BCUT2D eigenvalue weighted by molar-refractivity contribution is -0.142. The number of alkyl halides is 1. The van der Waals surface area contributed by atoms with Gasteiger partial charge in [0.05, 0.1) is 12.1 Å². The molecule has 39 heavy (non-hydrogen) atoms. The van der Waals surface area contributed by atoms with Crippen molar-refractivity contribution in [2.75, 3.05) is 41.4 Å². The van der Waals surface area contributed by atoms with Gasteiger partial charge in [-0.15, -0.1) is 0 Å². The van der Waals surface area contributed by atoms with Crippen LogP contribution in [0.25, 0.3) is 10.9 Å². The number of anilines is 2. The third-order valence-corrected chi connectivity index (χ3v) is 6.85. The van der Waals surface area contributed by atoms with Crippen molar-refractivity contribution in [2.24, 2.45) is 5.92 Å². The Kier molecular flexibility index (Phi) is 9.68. The van der Waals surface area contributed by atoms with Crippen molar-refractivity contribution < 1.29 is 19.1 Å². The second-order valence-electron chi connectivity index (χ2n) is 9.77. The summed E-state index contributed by atoms with van der Waals surface area (Å²) in [6.45, 7) is 8.45. The topological polar surface area (TPSA) is 117 Å². The van der Waals surface area contributed by atoms with E-state index in [0.717, 1.165) is 10.9 Å². The predicted octanol–water partition coefficient (Wildman–Crippen LogP) is 3.92. The molecule has 0 spiro atoms. The Bertz CT molecular complexity index is 1330. The number of amides is 2. The number of carbonyl (C=O) groups excluding carboxylic acids is 3. The Morgan fingerprint density at radius 3 is 2.33 bits per heavy atom. The Labute approximate surface area is 241 Å². The molecule has 1 fully saturated rings. The van der Waals surface area contributed by atoms with Crippen molar-refractivity contribution in [1.82, 2.24) is 19.8 Å². The van der Waals surface area contributed by atoms with Gasteiger partial charge in [0, 0.05) is 49.7 Å². The van der Waals surface area contributed by atoms with Gasteiger partial charge < -0.3 is 20.3 Å². The van der Waals surface area contributed by atoms with E-state index in [1.54, 1.807) is 24.3 Å². The number of hydrogen-bond acceptors (Lipinski definition) is 8. The van der Waals surface area contributed by atoms with Crippen molar-refractivity contribution >= 4 is 62.8 Å². The summed E-state index contributed by atoms with van der Waals surface area (Å²) in [5.41, 5.74) is 2.05. The minimum atomic E-state index is -0.534. The number of fused-ring (bicyclic) bond motifs is 1. The maximum atomic E-state index is 13.0. The lowest BCUT2D eigenvalue weighted by Gasteiger charge is -2.34. The van der Waals surface area contributed by atoms with E-state index >= 15 is 0 Å². The van der Waals surface area contributed by atoms with Gasteiger partial charge in [0.15, 0.2) is 0 Å². The summed E-state index contributed by atoms with van der Waals surface area (Å²) < 4.78 is 5.55. The van der Waals surface area contributed by atoms with Gasteiger partial charge in [0.25, 0.3) is 5.91 Å². The molecule has 0 saturated carbocycles. The van der Waals surface area contributed by atoms with Crippen LogP contribution < -0.4 is 10.6 Å². The van der Waals surface area contributed by atoms with Crippen LogP contribution in [0.4, 0.5) is 11.5 Å². The van der Waals surface area contributed by atoms with Gasteiger partial charge in [-0.05, 0) is 64.9 Å². The van der Waals surface area contributed by atoms with E-state index in [4.69, 9.17) is 14.7 Å². The van der Waals surface area contributed by atoms with Crippen molar-refractivity contribution in [3.05, 3.63) is 59.9 Å². The van der Waals surface area contributed by atoms with Crippen LogP contribution in [-0.2, 0) is 20.9 Å². The smallest absolute Gasteiger partial charge is 0.329 e. The number of carbonyl (C=O) groups is 3. The van der Waals surface area contributed by atoms with Gasteiger partial charge in [0.1, 0.15) is 22.3 Å². The molecule has 1 aliphatic heterocycles. The van der Waals surface area contributed by atoms with Gasteiger partial charge >= 0.3 is 5.97 Å². The number of aromatic nitrogens is 2. The van der Waals surface area contributed by atoms with Crippen molar-refractivity contribution in [2.45, 2.75) is 33.4 Å². The van der Waals surface area contributed by atoms with Gasteiger partial charge in [-0.25, -0.2) is 14.8 Å². The SMILES string of the molecule is CC(=O)Nc1ccc(C(=O)N2CCN(Cc3nc(N[C@H](C(=O)OCI)C(C)C)c4ccccc4n3)CC2)cc1. The maximum absolute atomic E-state index is 13.0. The first-order valence-corrected chi connectivity index (χ1v) is 14.4. The number of nitrogens with one attached hydrogen (secondary N) is 2. The third-order valence-electron chi connectivity index (χ3n) is 6.54. The van der Waals surface area contributed by atoms with Crippen LogP contribution in [0.1, 0.15) is 37.0 Å². The molecule has 10 nitrogen and oxygen atoms in total. The van der Waals surface area contributed by atoms with Crippen LogP contribution in [0.2, 0.25) is 0 Å². The summed E-state index contributed by atoms with van der Waals surface area (Å²) in [4.78, 5) is 50.4. The van der Waals surface area contributed by atoms with E-state index in [1.807, 2.05) is 65.6 Å². The highest BCUT2D eigenvalue weighted by Crippen LogP contribution is 2.24. The second kappa shape index (κ2) is 13.2. The molecule has 0 unspecified atom stereocenters. The molecular weight excluding hydrogens is 611 g/mol. The predicted molar refractivity (Wildman–Crippen MR) is 159 cm³/mol. The summed E-state index contributed by atoms with van der Waals surface area (Å²) in [6.07, 6.45) is 0. The minimum Gasteiger partial charge on any atom is -0.453 e. The lowest BCUT2D eigenvalue weighted by atomic mass is 10.0. The molecule has 0 radical (unpaired) electrons. The highest BCUT2D eigenvalue weighted by atomic mass is 127. The Morgan fingerprint density at radius 1 is 1.00 bits per heavy atom. The second-order valence-corrected chi connectivity index (χ2v) is 10.4. The van der Waals surface area contributed by atoms with E-state index < -0.39 is 6.04 Å². The van der Waals surface area contributed by atoms with Crippen molar-refractivity contribution in [3.63, 3.8) is 0 Å². The van der Waals surface area contributed by atoms with Crippen molar-refractivity contribution in [3.8, 4) is 0 Å². The van der Waals surface area contributed by atoms with Crippen LogP contribution >= 0.6 is 22.6 Å². The van der Waals surface area contributed by atoms with E-state index in [2.05, 4.69) is 15.5 Å². The fourth-order valence-corrected chi connectivity index (χ4v) is 4.79. The van der Waals surface area contributed by atoms with Gasteiger partial charge in [0.2, 0.25) is 5.91 Å². The van der Waals surface area contributed by atoms with E-state index in [0.29, 0.717) is 55.6 Å². The number of nitrogens with zero attached hydrogens (tertiary/aromatic N) is 4. The molecule has 0 bridgehead atoms. The molecule has 2 aromatic carbocycles. The number of halogens is 1. The summed E-state index contributed by atoms with van der Waals surface area (Å²) in [7, 11) is 0. The summed E-state index contributed by atoms with van der Waals surface area (Å²) in [5.74, 6) is 0.766. The molecule has 0 aliphatic carbocycles. The number of ether oxygens (including phenoxy) is 1. The van der Waals surface area contributed by atoms with E-state index in [1.165, 1.54) is 6.92 Å². The zero-order valence-corrected chi connectivity index (χ0v) is 24.5. The van der Waals surface area contributed by atoms with Crippen LogP contribution in [0.5, 0.6) is 0 Å². The van der Waals surface area contributed by atoms with E-state index in [-0.39, 0.29) is 28.3 Å². The van der Waals surface area contributed by atoms with Crippen LogP contribution in [0.15, 0.2) is 48.5 Å². The Hall–Kier alpha value is -3.32. The molecule has 11 heteroatoms. The number of piperazine rings is 1. The molecule has 4 rings (SSSR count). The van der Waals surface area contributed by atoms with Gasteiger partial charge in [-0.1, -0.05) is 26.0 Å². The molecule has 2 amide bonds. The van der Waals surface area contributed by atoms with Gasteiger partial charge in [-0.3, -0.25) is 14.5 Å². The first-order valence-electron chi connectivity index (χ1n) is 12.9. The molecule has 206 valence electrons. The fraction of sp³-hybridized carbons (Fsp3) is 0.393. The van der Waals surface area contributed by atoms with Crippen molar-refractivity contribution in [1.29, 1.82) is 0 Å². The quantitative estimate of drug-likeness (QED) is 0.205. The third kappa shape index (κ3) is 7.41. The highest BCUT2D eigenvalue weighted by molar-refractivity contribution is 14.1. The largest absolute Gasteiger partial charge is 0.453 e. The summed E-state index contributed by atoms with van der Waals surface area (Å²) in [6, 6.07) is 14.1. The molecule has 1 aliphatic rings. The van der Waals surface area contributed by atoms with Crippen LogP contribution in [0, 0.1) is 5.92 Å². The average molecular weight is 645 g/mol. The molecule has 1 aromatic heterocycles.